The third-order valence-electron chi connectivity index (χ3n) is 3.28. The number of hydrogen-bond acceptors (Lipinski definition) is 5. The van der Waals surface area contributed by atoms with Crippen LogP contribution in [0.5, 0.6) is 0 Å². The number of thiazole rings is 1. The molecule has 2 N–H and O–H groups in total. The first kappa shape index (κ1) is 11.8. The van der Waals surface area contributed by atoms with E-state index in [1.165, 1.54) is 11.3 Å². The van der Waals surface area contributed by atoms with Crippen LogP contribution in [0.4, 0.5) is 0 Å². The summed E-state index contributed by atoms with van der Waals surface area (Å²) in [6.45, 7) is 2.65. The van der Waals surface area contributed by atoms with E-state index in [9.17, 15) is 4.79 Å². The van der Waals surface area contributed by atoms with Crippen LogP contribution in [-0.2, 0) is 6.54 Å². The minimum Gasteiger partial charge on any atom is -0.327 e. The highest BCUT2D eigenvalue weighted by Crippen LogP contribution is 2.12. The number of nitrogens with zero attached hydrogens (tertiary/aromatic N) is 3. The normalized spacial score (nSPS) is 21.5. The second-order valence-electron chi connectivity index (χ2n) is 4.78. The van der Waals surface area contributed by atoms with Crippen molar-refractivity contribution in [3.63, 3.8) is 0 Å². The topological polar surface area (TPSA) is 63.6 Å². The monoisotopic (exact) mass is 264 g/mol. The van der Waals surface area contributed by atoms with Gasteiger partial charge in [-0.1, -0.05) is 0 Å². The van der Waals surface area contributed by atoms with Crippen LogP contribution in [0.25, 0.3) is 4.96 Å². The van der Waals surface area contributed by atoms with Gasteiger partial charge in [0.2, 0.25) is 0 Å². The van der Waals surface area contributed by atoms with Crippen molar-refractivity contribution in [2.75, 3.05) is 13.1 Å². The van der Waals surface area contributed by atoms with Gasteiger partial charge in [-0.3, -0.25) is 14.1 Å². The van der Waals surface area contributed by atoms with E-state index in [-0.39, 0.29) is 11.6 Å². The average Bonchev–Trinajstić information content (AvgIpc) is 2.77. The van der Waals surface area contributed by atoms with Crippen LogP contribution in [0.2, 0.25) is 0 Å². The van der Waals surface area contributed by atoms with Crippen LogP contribution in [0.1, 0.15) is 18.5 Å². The third kappa shape index (κ3) is 2.31. The van der Waals surface area contributed by atoms with Gasteiger partial charge in [-0.15, -0.1) is 11.3 Å². The smallest absolute Gasteiger partial charge is 0.258 e. The summed E-state index contributed by atoms with van der Waals surface area (Å²) in [6, 6.07) is 1.88. The van der Waals surface area contributed by atoms with Crippen LogP contribution >= 0.6 is 11.3 Å². The molecule has 2 aromatic heterocycles. The molecular weight excluding hydrogens is 248 g/mol. The SMILES string of the molecule is NC1CCCN(Cc2cc(=O)n3ccsc3n2)C1. The number of hydrogen-bond donors (Lipinski definition) is 1. The van der Waals surface area contributed by atoms with Crippen molar-refractivity contribution < 1.29 is 0 Å². The zero-order valence-electron chi connectivity index (χ0n) is 10.1. The summed E-state index contributed by atoms with van der Waals surface area (Å²) in [5.41, 5.74) is 6.80. The highest BCUT2D eigenvalue weighted by atomic mass is 32.1. The fraction of sp³-hybridized carbons (Fsp3) is 0.500. The minimum absolute atomic E-state index is 0.00226. The Kier molecular flexibility index (Phi) is 3.15. The van der Waals surface area contributed by atoms with Gasteiger partial charge >= 0.3 is 0 Å². The molecule has 2 aromatic rings. The van der Waals surface area contributed by atoms with E-state index < -0.39 is 0 Å². The summed E-state index contributed by atoms with van der Waals surface area (Å²) < 4.78 is 1.58. The Hall–Kier alpha value is -1.24. The molecule has 3 rings (SSSR count). The third-order valence-corrected chi connectivity index (χ3v) is 4.04. The first-order valence-corrected chi connectivity index (χ1v) is 7.04. The van der Waals surface area contributed by atoms with Gasteiger partial charge in [0.05, 0.1) is 5.69 Å². The van der Waals surface area contributed by atoms with Crippen molar-refractivity contribution in [3.8, 4) is 0 Å². The fourth-order valence-electron chi connectivity index (χ4n) is 2.43. The molecule has 6 heteroatoms. The number of piperidine rings is 1. The van der Waals surface area contributed by atoms with E-state index in [0.29, 0.717) is 0 Å². The van der Waals surface area contributed by atoms with Crippen LogP contribution in [-0.4, -0.2) is 33.4 Å². The quantitative estimate of drug-likeness (QED) is 0.866. The van der Waals surface area contributed by atoms with Gasteiger partial charge in [0.15, 0.2) is 4.96 Å². The van der Waals surface area contributed by atoms with Gasteiger partial charge in [0, 0.05) is 36.8 Å². The molecule has 1 atom stereocenters. The second-order valence-corrected chi connectivity index (χ2v) is 5.65. The molecule has 1 unspecified atom stereocenters. The molecule has 1 aliphatic heterocycles. The zero-order valence-corrected chi connectivity index (χ0v) is 10.9. The van der Waals surface area contributed by atoms with E-state index in [1.54, 1.807) is 16.7 Å². The summed E-state index contributed by atoms with van der Waals surface area (Å²) in [5.74, 6) is 0. The predicted octanol–water partition coefficient (Wildman–Crippen LogP) is 0.679. The van der Waals surface area contributed by atoms with Gasteiger partial charge in [0.1, 0.15) is 0 Å². The Bertz CT molecular complexity index is 605. The van der Waals surface area contributed by atoms with Gasteiger partial charge < -0.3 is 5.73 Å². The van der Waals surface area contributed by atoms with Gasteiger partial charge in [0.25, 0.3) is 5.56 Å². The lowest BCUT2D eigenvalue weighted by Gasteiger charge is -2.30. The molecule has 0 amide bonds. The molecule has 0 bridgehead atoms. The molecule has 96 valence electrons. The Balaban J connectivity index is 1.83. The maximum atomic E-state index is 11.9. The standard InChI is InChI=1S/C12H16N4OS/c13-9-2-1-3-15(7-9)8-10-6-11(17)16-4-5-18-12(16)14-10/h4-6,9H,1-3,7-8,13H2. The molecule has 5 nitrogen and oxygen atoms in total. The van der Waals surface area contributed by atoms with Crippen LogP contribution in [0.3, 0.4) is 0 Å². The molecule has 0 radical (unpaired) electrons. The number of fused-ring (bicyclic) bond motifs is 1. The molecule has 0 saturated carbocycles. The van der Waals surface area contributed by atoms with Gasteiger partial charge in [-0.2, -0.15) is 0 Å². The maximum Gasteiger partial charge on any atom is 0.258 e. The number of aromatic nitrogens is 2. The van der Waals surface area contributed by atoms with E-state index in [4.69, 9.17) is 5.73 Å². The summed E-state index contributed by atoms with van der Waals surface area (Å²) in [6.07, 6.45) is 3.98. The van der Waals surface area contributed by atoms with Crippen molar-refractivity contribution in [1.82, 2.24) is 14.3 Å². The highest BCUT2D eigenvalue weighted by molar-refractivity contribution is 7.15. The number of nitrogens with two attached hydrogens (primary N) is 1. The fourth-order valence-corrected chi connectivity index (χ4v) is 3.17. The first-order valence-electron chi connectivity index (χ1n) is 6.16. The van der Waals surface area contributed by atoms with Crippen LogP contribution < -0.4 is 11.3 Å². The lowest BCUT2D eigenvalue weighted by atomic mass is 10.1. The van der Waals surface area contributed by atoms with Crippen molar-refractivity contribution in [2.45, 2.75) is 25.4 Å². The van der Waals surface area contributed by atoms with Crippen LogP contribution in [0, 0.1) is 0 Å². The minimum atomic E-state index is -0.00226. The summed E-state index contributed by atoms with van der Waals surface area (Å²) >= 11 is 1.49. The molecular formula is C12H16N4OS. The van der Waals surface area contributed by atoms with Crippen molar-refractivity contribution in [1.29, 1.82) is 0 Å². The molecule has 1 fully saturated rings. The molecule has 3 heterocycles. The zero-order chi connectivity index (χ0) is 12.5. The molecule has 0 spiro atoms. The second kappa shape index (κ2) is 4.79. The van der Waals surface area contributed by atoms with E-state index in [2.05, 4.69) is 9.88 Å². The molecule has 18 heavy (non-hydrogen) atoms. The predicted molar refractivity (Wildman–Crippen MR) is 71.8 cm³/mol. The van der Waals surface area contributed by atoms with Gasteiger partial charge in [-0.25, -0.2) is 4.98 Å². The Morgan fingerprint density at radius 3 is 3.28 bits per heavy atom. The largest absolute Gasteiger partial charge is 0.327 e. The lowest BCUT2D eigenvalue weighted by Crippen LogP contribution is -2.42. The highest BCUT2D eigenvalue weighted by Gasteiger charge is 2.17. The van der Waals surface area contributed by atoms with E-state index in [1.807, 2.05) is 5.38 Å². The Labute approximate surface area is 109 Å². The summed E-state index contributed by atoms with van der Waals surface area (Å²) in [7, 11) is 0. The Morgan fingerprint density at radius 2 is 2.44 bits per heavy atom. The van der Waals surface area contributed by atoms with E-state index in [0.717, 1.165) is 43.1 Å². The number of rotatable bonds is 2. The van der Waals surface area contributed by atoms with E-state index >= 15 is 0 Å². The number of likely N-dealkylation sites (tertiary alicyclic amines) is 1. The van der Waals surface area contributed by atoms with Gasteiger partial charge in [-0.05, 0) is 19.4 Å². The molecule has 1 aliphatic rings. The molecule has 0 aromatic carbocycles. The Morgan fingerprint density at radius 1 is 1.56 bits per heavy atom. The maximum absolute atomic E-state index is 11.9. The van der Waals surface area contributed by atoms with Crippen molar-refractivity contribution in [3.05, 3.63) is 33.7 Å². The van der Waals surface area contributed by atoms with Crippen LogP contribution in [0.15, 0.2) is 22.4 Å². The lowest BCUT2D eigenvalue weighted by molar-refractivity contribution is 0.199. The molecule has 1 saturated heterocycles. The van der Waals surface area contributed by atoms with Crippen molar-refractivity contribution >= 4 is 16.3 Å². The average molecular weight is 264 g/mol. The first-order chi connectivity index (χ1) is 8.72. The summed E-state index contributed by atoms with van der Waals surface area (Å²) in [4.78, 5) is 19.4. The van der Waals surface area contributed by atoms with Crippen molar-refractivity contribution in [2.24, 2.45) is 5.73 Å². The molecule has 0 aliphatic carbocycles. The summed E-state index contributed by atoms with van der Waals surface area (Å²) in [5, 5.41) is 1.88.